The monoisotopic (exact) mass is 225 g/mol. The molecule has 2 rings (SSSR count). The summed E-state index contributed by atoms with van der Waals surface area (Å²) in [5.74, 6) is 0. The summed E-state index contributed by atoms with van der Waals surface area (Å²) in [6.07, 6.45) is 13.2. The Labute approximate surface area is 100 Å². The summed E-state index contributed by atoms with van der Waals surface area (Å²) in [6.45, 7) is 3.25. The number of ether oxygens (including phenoxy) is 1. The van der Waals surface area contributed by atoms with E-state index in [9.17, 15) is 0 Å². The quantitative estimate of drug-likeness (QED) is 0.775. The van der Waals surface area contributed by atoms with Crippen molar-refractivity contribution in [3.63, 3.8) is 0 Å². The number of nitrogens with one attached hydrogen (secondary N) is 1. The molecule has 0 amide bonds. The predicted octanol–water partition coefficient (Wildman–Crippen LogP) is 3.61. The van der Waals surface area contributed by atoms with Crippen molar-refractivity contribution in [2.75, 3.05) is 6.61 Å². The zero-order chi connectivity index (χ0) is 11.3. The lowest BCUT2D eigenvalue weighted by Gasteiger charge is -2.43. The third-order valence-corrected chi connectivity index (χ3v) is 4.11. The van der Waals surface area contributed by atoms with Gasteiger partial charge in [0, 0.05) is 6.04 Å². The van der Waals surface area contributed by atoms with Gasteiger partial charge < -0.3 is 4.74 Å². The highest BCUT2D eigenvalue weighted by Gasteiger charge is 2.35. The van der Waals surface area contributed by atoms with Crippen LogP contribution in [0.2, 0.25) is 0 Å². The minimum atomic E-state index is 0.0541. The number of rotatable bonds is 2. The standard InChI is InChI=1S/C14H27NO/c1-2-8-13-9-12-16-14(15-13)10-6-4-3-5-7-11-14/h13,15H,2-12H2,1H3. The Kier molecular flexibility index (Phi) is 4.66. The second-order valence-corrected chi connectivity index (χ2v) is 5.53. The molecule has 0 aromatic heterocycles. The van der Waals surface area contributed by atoms with Gasteiger partial charge in [-0.2, -0.15) is 0 Å². The minimum absolute atomic E-state index is 0.0541. The molecule has 1 aliphatic carbocycles. The van der Waals surface area contributed by atoms with Gasteiger partial charge in [-0.15, -0.1) is 0 Å². The molecular weight excluding hydrogens is 198 g/mol. The van der Waals surface area contributed by atoms with Gasteiger partial charge in [-0.25, -0.2) is 0 Å². The molecule has 0 aromatic carbocycles. The molecular formula is C14H27NO. The second-order valence-electron chi connectivity index (χ2n) is 5.53. The highest BCUT2D eigenvalue weighted by molar-refractivity contribution is 4.87. The lowest BCUT2D eigenvalue weighted by atomic mass is 9.90. The smallest absolute Gasteiger partial charge is 0.119 e. The van der Waals surface area contributed by atoms with Crippen molar-refractivity contribution < 1.29 is 4.74 Å². The van der Waals surface area contributed by atoms with Crippen molar-refractivity contribution >= 4 is 0 Å². The lowest BCUT2D eigenvalue weighted by molar-refractivity contribution is -0.125. The molecule has 1 aliphatic heterocycles. The maximum absolute atomic E-state index is 6.11. The Hall–Kier alpha value is -0.0800. The van der Waals surface area contributed by atoms with Crippen LogP contribution in [0.5, 0.6) is 0 Å². The van der Waals surface area contributed by atoms with Crippen LogP contribution in [0.15, 0.2) is 0 Å². The second kappa shape index (κ2) is 6.02. The van der Waals surface area contributed by atoms with Crippen molar-refractivity contribution in [3.8, 4) is 0 Å². The van der Waals surface area contributed by atoms with Crippen LogP contribution in [-0.2, 0) is 4.74 Å². The first-order valence-electron chi connectivity index (χ1n) is 7.26. The maximum atomic E-state index is 6.11. The molecule has 1 heterocycles. The fourth-order valence-electron chi connectivity index (χ4n) is 3.21. The molecule has 1 N–H and O–H groups in total. The predicted molar refractivity (Wildman–Crippen MR) is 67.5 cm³/mol. The van der Waals surface area contributed by atoms with E-state index < -0.39 is 0 Å². The third-order valence-electron chi connectivity index (χ3n) is 4.11. The number of hydrogen-bond donors (Lipinski definition) is 1. The van der Waals surface area contributed by atoms with E-state index in [2.05, 4.69) is 12.2 Å². The van der Waals surface area contributed by atoms with Gasteiger partial charge in [0.2, 0.25) is 0 Å². The molecule has 1 unspecified atom stereocenters. The highest BCUT2D eigenvalue weighted by atomic mass is 16.5. The van der Waals surface area contributed by atoms with Crippen molar-refractivity contribution in [3.05, 3.63) is 0 Å². The molecule has 0 radical (unpaired) electrons. The Balaban J connectivity index is 1.92. The molecule has 2 aliphatic rings. The molecule has 16 heavy (non-hydrogen) atoms. The molecule has 94 valence electrons. The summed E-state index contributed by atoms with van der Waals surface area (Å²) in [5.41, 5.74) is 0.0541. The molecule has 1 saturated heterocycles. The molecule has 1 spiro atoms. The highest BCUT2D eigenvalue weighted by Crippen LogP contribution is 2.31. The van der Waals surface area contributed by atoms with Crippen molar-refractivity contribution in [2.24, 2.45) is 0 Å². The normalized spacial score (nSPS) is 30.9. The molecule has 1 saturated carbocycles. The Bertz CT molecular complexity index is 195. The van der Waals surface area contributed by atoms with Crippen LogP contribution in [0.4, 0.5) is 0 Å². The van der Waals surface area contributed by atoms with Crippen LogP contribution < -0.4 is 5.32 Å². The van der Waals surface area contributed by atoms with E-state index in [1.165, 1.54) is 64.2 Å². The van der Waals surface area contributed by atoms with Crippen molar-refractivity contribution in [1.29, 1.82) is 0 Å². The molecule has 0 aromatic rings. The zero-order valence-corrected chi connectivity index (χ0v) is 10.8. The Morgan fingerprint density at radius 3 is 2.50 bits per heavy atom. The van der Waals surface area contributed by atoms with Gasteiger partial charge in [-0.3, -0.25) is 5.32 Å². The molecule has 2 heteroatoms. The van der Waals surface area contributed by atoms with Crippen LogP contribution in [0.3, 0.4) is 0 Å². The summed E-state index contributed by atoms with van der Waals surface area (Å²) in [6, 6.07) is 0.707. The Morgan fingerprint density at radius 2 is 1.81 bits per heavy atom. The van der Waals surface area contributed by atoms with Crippen LogP contribution in [0.1, 0.15) is 71.1 Å². The van der Waals surface area contributed by atoms with Crippen LogP contribution >= 0.6 is 0 Å². The first-order valence-corrected chi connectivity index (χ1v) is 7.26. The van der Waals surface area contributed by atoms with E-state index in [0.29, 0.717) is 6.04 Å². The fourth-order valence-corrected chi connectivity index (χ4v) is 3.21. The first kappa shape index (κ1) is 12.4. The van der Waals surface area contributed by atoms with Gasteiger partial charge in [0.05, 0.1) is 6.61 Å². The first-order chi connectivity index (χ1) is 7.85. The van der Waals surface area contributed by atoms with E-state index in [1.807, 2.05) is 0 Å². The van der Waals surface area contributed by atoms with E-state index in [1.54, 1.807) is 0 Å². The van der Waals surface area contributed by atoms with Gasteiger partial charge in [0.25, 0.3) is 0 Å². The largest absolute Gasteiger partial charge is 0.361 e. The van der Waals surface area contributed by atoms with E-state index in [-0.39, 0.29) is 5.72 Å². The van der Waals surface area contributed by atoms with Gasteiger partial charge in [-0.1, -0.05) is 32.6 Å². The maximum Gasteiger partial charge on any atom is 0.119 e. The summed E-state index contributed by atoms with van der Waals surface area (Å²) in [4.78, 5) is 0. The van der Waals surface area contributed by atoms with Crippen LogP contribution in [-0.4, -0.2) is 18.4 Å². The summed E-state index contributed by atoms with van der Waals surface area (Å²) < 4.78 is 6.11. The van der Waals surface area contributed by atoms with Crippen molar-refractivity contribution in [2.45, 2.75) is 82.9 Å². The molecule has 1 atom stereocenters. The zero-order valence-electron chi connectivity index (χ0n) is 10.8. The average Bonchev–Trinajstić information content (AvgIpc) is 2.25. The molecule has 2 fully saturated rings. The van der Waals surface area contributed by atoms with Gasteiger partial charge >= 0.3 is 0 Å². The van der Waals surface area contributed by atoms with Gasteiger partial charge in [0.1, 0.15) is 5.72 Å². The van der Waals surface area contributed by atoms with Crippen LogP contribution in [0, 0.1) is 0 Å². The van der Waals surface area contributed by atoms with Crippen LogP contribution in [0.25, 0.3) is 0 Å². The van der Waals surface area contributed by atoms with Gasteiger partial charge in [-0.05, 0) is 38.5 Å². The Morgan fingerprint density at radius 1 is 1.12 bits per heavy atom. The van der Waals surface area contributed by atoms with E-state index in [4.69, 9.17) is 4.74 Å². The number of hydrogen-bond acceptors (Lipinski definition) is 2. The fraction of sp³-hybridized carbons (Fsp3) is 1.00. The SMILES string of the molecule is CCCC1CCOC2(CCCCCCC2)N1. The minimum Gasteiger partial charge on any atom is -0.361 e. The lowest BCUT2D eigenvalue weighted by Crippen LogP contribution is -2.56. The topological polar surface area (TPSA) is 21.3 Å². The third kappa shape index (κ3) is 3.21. The van der Waals surface area contributed by atoms with Crippen molar-refractivity contribution in [1.82, 2.24) is 5.32 Å². The van der Waals surface area contributed by atoms with E-state index in [0.717, 1.165) is 6.61 Å². The molecule has 0 bridgehead atoms. The van der Waals surface area contributed by atoms with E-state index >= 15 is 0 Å². The summed E-state index contributed by atoms with van der Waals surface area (Å²) in [5, 5.41) is 3.82. The summed E-state index contributed by atoms with van der Waals surface area (Å²) in [7, 11) is 0. The average molecular weight is 225 g/mol. The summed E-state index contributed by atoms with van der Waals surface area (Å²) >= 11 is 0. The van der Waals surface area contributed by atoms with Gasteiger partial charge in [0.15, 0.2) is 0 Å². The molecule has 2 nitrogen and oxygen atoms in total.